The minimum atomic E-state index is -0.807. The van der Waals surface area contributed by atoms with Gasteiger partial charge in [-0.3, -0.25) is 4.79 Å². The molecule has 23 heavy (non-hydrogen) atoms. The van der Waals surface area contributed by atoms with Crippen molar-refractivity contribution in [2.45, 2.75) is 25.4 Å². The second-order valence-corrected chi connectivity index (χ2v) is 7.07. The molecule has 0 bridgehead atoms. The van der Waals surface area contributed by atoms with E-state index in [0.717, 1.165) is 17.1 Å². The fourth-order valence-electron chi connectivity index (χ4n) is 2.69. The number of aromatic nitrogens is 1. The molecule has 1 amide bonds. The van der Waals surface area contributed by atoms with Gasteiger partial charge in [0.25, 0.3) is 5.91 Å². The molecule has 1 aromatic carbocycles. The zero-order valence-electron chi connectivity index (χ0n) is 13.0. The van der Waals surface area contributed by atoms with Crippen LogP contribution in [-0.4, -0.2) is 39.8 Å². The van der Waals surface area contributed by atoms with Crippen LogP contribution in [0.4, 0.5) is 0 Å². The summed E-state index contributed by atoms with van der Waals surface area (Å²) in [6, 6.07) is 9.47. The van der Waals surface area contributed by atoms with Gasteiger partial charge in [0.2, 0.25) is 0 Å². The van der Waals surface area contributed by atoms with E-state index in [2.05, 4.69) is 10.5 Å². The Morgan fingerprint density at radius 3 is 2.74 bits per heavy atom. The lowest BCUT2D eigenvalue weighted by molar-refractivity contribution is 0.0311. The van der Waals surface area contributed by atoms with E-state index >= 15 is 0 Å². The molecule has 1 aromatic heterocycles. The molecular formula is C17H20N2O3S. The number of thioether (sulfide) groups is 1. The molecule has 1 aliphatic rings. The Kier molecular flexibility index (Phi) is 4.73. The summed E-state index contributed by atoms with van der Waals surface area (Å²) in [7, 11) is 0. The van der Waals surface area contributed by atoms with Gasteiger partial charge < -0.3 is 14.9 Å². The van der Waals surface area contributed by atoms with Crippen LogP contribution in [0.25, 0.3) is 11.3 Å². The second kappa shape index (κ2) is 6.76. The topological polar surface area (TPSA) is 75.4 Å². The summed E-state index contributed by atoms with van der Waals surface area (Å²) in [5.74, 6) is 2.07. The molecule has 0 atom stereocenters. The van der Waals surface area contributed by atoms with Crippen molar-refractivity contribution in [3.8, 4) is 11.3 Å². The molecule has 2 N–H and O–H groups in total. The zero-order valence-corrected chi connectivity index (χ0v) is 13.9. The average Bonchev–Trinajstić information content (AvgIpc) is 2.96. The Hall–Kier alpha value is -1.79. The van der Waals surface area contributed by atoms with E-state index in [1.54, 1.807) is 6.92 Å². The molecule has 0 spiro atoms. The number of rotatable bonds is 4. The molecule has 122 valence electrons. The van der Waals surface area contributed by atoms with Crippen LogP contribution in [0.1, 0.15) is 29.0 Å². The van der Waals surface area contributed by atoms with Gasteiger partial charge in [-0.25, -0.2) is 0 Å². The molecule has 3 rings (SSSR count). The number of hydrogen-bond acceptors (Lipinski definition) is 5. The Balaban J connectivity index is 1.76. The summed E-state index contributed by atoms with van der Waals surface area (Å²) in [5.41, 5.74) is 0.998. The van der Waals surface area contributed by atoms with Gasteiger partial charge in [-0.15, -0.1) is 0 Å². The normalized spacial score (nSPS) is 17.0. The largest absolute Gasteiger partial charge is 0.388 e. The van der Waals surface area contributed by atoms with Crippen molar-refractivity contribution in [3.05, 3.63) is 41.7 Å². The number of amides is 1. The van der Waals surface area contributed by atoms with Gasteiger partial charge in [-0.2, -0.15) is 11.8 Å². The lowest BCUT2D eigenvalue weighted by Crippen LogP contribution is -2.45. The Labute approximate surface area is 139 Å². The molecule has 6 heteroatoms. The third-order valence-electron chi connectivity index (χ3n) is 4.14. The lowest BCUT2D eigenvalue weighted by Gasteiger charge is -2.31. The number of benzene rings is 1. The number of hydrogen-bond donors (Lipinski definition) is 2. The third kappa shape index (κ3) is 3.59. The van der Waals surface area contributed by atoms with Crippen LogP contribution in [0, 0.1) is 6.92 Å². The first-order valence-corrected chi connectivity index (χ1v) is 8.84. The summed E-state index contributed by atoms with van der Waals surface area (Å²) in [5, 5.41) is 17.4. The number of carbonyl (C=O) groups is 1. The first-order chi connectivity index (χ1) is 11.1. The van der Waals surface area contributed by atoms with E-state index in [9.17, 15) is 9.90 Å². The van der Waals surface area contributed by atoms with Crippen molar-refractivity contribution < 1.29 is 14.4 Å². The third-order valence-corrected chi connectivity index (χ3v) is 5.12. The quantitative estimate of drug-likeness (QED) is 0.900. The molecule has 2 aromatic rings. The van der Waals surface area contributed by atoms with Crippen LogP contribution in [0.5, 0.6) is 0 Å². The monoisotopic (exact) mass is 332 g/mol. The summed E-state index contributed by atoms with van der Waals surface area (Å²) < 4.78 is 5.21. The number of aryl methyl sites for hydroxylation is 1. The van der Waals surface area contributed by atoms with Crippen LogP contribution in [0.2, 0.25) is 0 Å². The molecule has 1 aliphatic heterocycles. The number of aliphatic hydroxyl groups is 1. The Morgan fingerprint density at radius 1 is 1.35 bits per heavy atom. The number of carbonyl (C=O) groups excluding carboxylic acids is 1. The van der Waals surface area contributed by atoms with Gasteiger partial charge in [0.1, 0.15) is 17.0 Å². The summed E-state index contributed by atoms with van der Waals surface area (Å²) in [6.45, 7) is 1.98. The summed E-state index contributed by atoms with van der Waals surface area (Å²) >= 11 is 1.83. The first-order valence-electron chi connectivity index (χ1n) is 7.69. The predicted octanol–water partition coefficient (Wildman–Crippen LogP) is 2.64. The SMILES string of the molecule is Cc1onc(-c2ccccc2)c1C(=O)NCC1(O)CCSCC1. The molecule has 1 saturated heterocycles. The van der Waals surface area contributed by atoms with E-state index in [-0.39, 0.29) is 12.5 Å². The fraction of sp³-hybridized carbons (Fsp3) is 0.412. The van der Waals surface area contributed by atoms with E-state index in [1.807, 2.05) is 42.1 Å². The minimum Gasteiger partial charge on any atom is -0.388 e. The van der Waals surface area contributed by atoms with Crippen molar-refractivity contribution >= 4 is 17.7 Å². The maximum absolute atomic E-state index is 12.6. The Morgan fingerprint density at radius 2 is 2.04 bits per heavy atom. The first kappa shape index (κ1) is 16.1. The van der Waals surface area contributed by atoms with E-state index < -0.39 is 5.60 Å². The molecule has 1 fully saturated rings. The molecule has 0 saturated carbocycles. The van der Waals surface area contributed by atoms with Crippen molar-refractivity contribution in [2.24, 2.45) is 0 Å². The maximum atomic E-state index is 12.6. The molecule has 2 heterocycles. The number of nitrogens with zero attached hydrogens (tertiary/aromatic N) is 1. The van der Waals surface area contributed by atoms with Gasteiger partial charge in [0.15, 0.2) is 0 Å². The molecule has 0 unspecified atom stereocenters. The minimum absolute atomic E-state index is 0.255. The van der Waals surface area contributed by atoms with Gasteiger partial charge in [-0.05, 0) is 31.3 Å². The van der Waals surface area contributed by atoms with Crippen molar-refractivity contribution in [1.82, 2.24) is 10.5 Å². The zero-order chi connectivity index (χ0) is 16.3. The smallest absolute Gasteiger partial charge is 0.257 e. The summed E-state index contributed by atoms with van der Waals surface area (Å²) in [6.07, 6.45) is 1.40. The van der Waals surface area contributed by atoms with Crippen molar-refractivity contribution in [2.75, 3.05) is 18.1 Å². The maximum Gasteiger partial charge on any atom is 0.257 e. The van der Waals surface area contributed by atoms with Crippen molar-refractivity contribution in [3.63, 3.8) is 0 Å². The van der Waals surface area contributed by atoms with Crippen LogP contribution < -0.4 is 5.32 Å². The lowest BCUT2D eigenvalue weighted by atomic mass is 9.96. The van der Waals surface area contributed by atoms with E-state index in [1.165, 1.54) is 0 Å². The molecule has 0 aliphatic carbocycles. The van der Waals surface area contributed by atoms with Gasteiger partial charge in [0.05, 0.1) is 5.60 Å². The molecular weight excluding hydrogens is 312 g/mol. The predicted molar refractivity (Wildman–Crippen MR) is 90.5 cm³/mol. The molecule has 5 nitrogen and oxygen atoms in total. The van der Waals surface area contributed by atoms with Crippen LogP contribution in [0.15, 0.2) is 34.9 Å². The van der Waals surface area contributed by atoms with Crippen LogP contribution in [-0.2, 0) is 0 Å². The molecule has 0 radical (unpaired) electrons. The fourth-order valence-corrected chi connectivity index (χ4v) is 3.95. The van der Waals surface area contributed by atoms with E-state index in [0.29, 0.717) is 29.9 Å². The van der Waals surface area contributed by atoms with Crippen molar-refractivity contribution in [1.29, 1.82) is 0 Å². The van der Waals surface area contributed by atoms with Gasteiger partial charge >= 0.3 is 0 Å². The van der Waals surface area contributed by atoms with Crippen LogP contribution >= 0.6 is 11.8 Å². The average molecular weight is 332 g/mol. The highest BCUT2D eigenvalue weighted by atomic mass is 32.2. The number of nitrogens with one attached hydrogen (secondary N) is 1. The standard InChI is InChI=1S/C17H20N2O3S/c1-12-14(15(19-22-12)13-5-3-2-4-6-13)16(20)18-11-17(21)7-9-23-10-8-17/h2-6,21H,7-11H2,1H3,(H,18,20). The highest BCUT2D eigenvalue weighted by Gasteiger charge is 2.31. The highest BCUT2D eigenvalue weighted by molar-refractivity contribution is 7.99. The van der Waals surface area contributed by atoms with Gasteiger partial charge in [-0.1, -0.05) is 35.5 Å². The van der Waals surface area contributed by atoms with Gasteiger partial charge in [0, 0.05) is 12.1 Å². The highest BCUT2D eigenvalue weighted by Crippen LogP contribution is 2.27. The summed E-state index contributed by atoms with van der Waals surface area (Å²) in [4.78, 5) is 12.6. The Bertz CT molecular complexity index is 678. The van der Waals surface area contributed by atoms with E-state index in [4.69, 9.17) is 4.52 Å². The second-order valence-electron chi connectivity index (χ2n) is 5.85. The van der Waals surface area contributed by atoms with Crippen LogP contribution in [0.3, 0.4) is 0 Å².